The molecule has 1 aliphatic heterocycles. The number of nitrogens with one attached hydrogen (secondary N) is 1. The van der Waals surface area contributed by atoms with Crippen LogP contribution in [0.15, 0.2) is 52.4 Å². The molecule has 0 spiro atoms. The first-order valence-electron chi connectivity index (χ1n) is 10.6. The van der Waals surface area contributed by atoms with Gasteiger partial charge in [0.05, 0.1) is 17.9 Å². The van der Waals surface area contributed by atoms with Crippen LogP contribution in [0.25, 0.3) is 5.69 Å². The van der Waals surface area contributed by atoms with Crippen LogP contribution < -0.4 is 5.32 Å². The molecule has 2 aromatic heterocycles. The van der Waals surface area contributed by atoms with Gasteiger partial charge in [0.25, 0.3) is 0 Å². The Morgan fingerprint density at radius 2 is 2.06 bits per heavy atom. The topological polar surface area (TPSA) is 74.7 Å². The number of benzene rings is 1. The molecule has 0 aliphatic carbocycles. The van der Waals surface area contributed by atoms with E-state index >= 15 is 0 Å². The number of aromatic nitrogens is 3. The summed E-state index contributed by atoms with van der Waals surface area (Å²) in [5.41, 5.74) is 2.28. The average molecular weight is 426 g/mol. The number of guanidine groups is 1. The minimum absolute atomic E-state index is 0.278. The molecule has 1 aromatic carbocycles. The Kier molecular flexibility index (Phi) is 6.61. The monoisotopic (exact) mass is 425 g/mol. The van der Waals surface area contributed by atoms with Crippen LogP contribution in [0.2, 0.25) is 0 Å². The van der Waals surface area contributed by atoms with Crippen LogP contribution in [-0.4, -0.2) is 63.2 Å². The van der Waals surface area contributed by atoms with E-state index in [0.717, 1.165) is 62.3 Å². The number of piperazine rings is 1. The number of imidazole rings is 1. The number of halogens is 1. The first kappa shape index (κ1) is 21.0. The Hall–Kier alpha value is -3.20. The molecule has 8 nitrogen and oxygen atoms in total. The highest BCUT2D eigenvalue weighted by molar-refractivity contribution is 5.80. The second kappa shape index (κ2) is 9.74. The maximum Gasteiger partial charge on any atom is 0.194 e. The molecule has 0 saturated carbocycles. The van der Waals surface area contributed by atoms with Crippen LogP contribution in [0.1, 0.15) is 24.0 Å². The Morgan fingerprint density at radius 3 is 2.71 bits per heavy atom. The zero-order valence-corrected chi connectivity index (χ0v) is 18.0. The van der Waals surface area contributed by atoms with Gasteiger partial charge in [0, 0.05) is 57.7 Å². The summed E-state index contributed by atoms with van der Waals surface area (Å²) in [7, 11) is 0. The molecular formula is C22H28FN7O. The molecule has 0 bridgehead atoms. The lowest BCUT2D eigenvalue weighted by atomic mass is 10.2. The van der Waals surface area contributed by atoms with Crippen molar-refractivity contribution in [2.45, 2.75) is 26.9 Å². The molecule has 3 aromatic rings. The Morgan fingerprint density at radius 1 is 1.23 bits per heavy atom. The lowest BCUT2D eigenvalue weighted by Crippen LogP contribution is -2.52. The van der Waals surface area contributed by atoms with E-state index in [0.29, 0.717) is 12.2 Å². The van der Waals surface area contributed by atoms with E-state index in [1.165, 1.54) is 0 Å². The summed E-state index contributed by atoms with van der Waals surface area (Å²) >= 11 is 0. The number of aryl methyl sites for hydroxylation is 1. The lowest BCUT2D eigenvalue weighted by Gasteiger charge is -2.36. The minimum Gasteiger partial charge on any atom is -0.364 e. The molecule has 0 radical (unpaired) electrons. The zero-order chi connectivity index (χ0) is 21.6. The maximum absolute atomic E-state index is 14.7. The summed E-state index contributed by atoms with van der Waals surface area (Å²) < 4.78 is 21.3. The standard InChI is InChI=1S/C22H28FN7O/c1-3-24-22(29-11-9-28(10-12-29)16-19-6-13-31-27-19)26-15-18-4-5-21(20(23)14-18)30-8-7-25-17(30)2/h4-8,13-14H,3,9-12,15-16H2,1-2H3,(H,24,26). The van der Waals surface area contributed by atoms with E-state index in [-0.39, 0.29) is 5.82 Å². The van der Waals surface area contributed by atoms with Gasteiger partial charge in [0.2, 0.25) is 0 Å². The first-order valence-corrected chi connectivity index (χ1v) is 10.6. The number of aliphatic imine (C=N–C) groups is 1. The third-order valence-electron chi connectivity index (χ3n) is 5.39. The van der Waals surface area contributed by atoms with Crippen molar-refractivity contribution in [1.29, 1.82) is 0 Å². The van der Waals surface area contributed by atoms with Crippen molar-refractivity contribution >= 4 is 5.96 Å². The van der Waals surface area contributed by atoms with Gasteiger partial charge >= 0.3 is 0 Å². The van der Waals surface area contributed by atoms with E-state index in [2.05, 4.69) is 32.2 Å². The van der Waals surface area contributed by atoms with E-state index < -0.39 is 0 Å². The Bertz CT molecular complexity index is 1010. The minimum atomic E-state index is -0.278. The van der Waals surface area contributed by atoms with Crippen LogP contribution in [0.4, 0.5) is 4.39 Å². The largest absolute Gasteiger partial charge is 0.364 e. The fraction of sp³-hybridized carbons (Fsp3) is 0.409. The number of hydrogen-bond acceptors (Lipinski definition) is 5. The van der Waals surface area contributed by atoms with Gasteiger partial charge in [-0.05, 0) is 31.5 Å². The molecule has 0 unspecified atom stereocenters. The third-order valence-corrected chi connectivity index (χ3v) is 5.39. The highest BCUT2D eigenvalue weighted by Crippen LogP contribution is 2.17. The maximum atomic E-state index is 14.7. The van der Waals surface area contributed by atoms with E-state index in [1.807, 2.05) is 19.1 Å². The van der Waals surface area contributed by atoms with Crippen molar-refractivity contribution in [1.82, 2.24) is 29.8 Å². The molecule has 9 heteroatoms. The molecule has 0 atom stereocenters. The van der Waals surface area contributed by atoms with Crippen molar-refractivity contribution in [3.05, 3.63) is 65.8 Å². The number of hydrogen-bond donors (Lipinski definition) is 1. The average Bonchev–Trinajstić information content (AvgIpc) is 3.44. The molecule has 1 fully saturated rings. The van der Waals surface area contributed by atoms with Gasteiger partial charge in [0.15, 0.2) is 5.96 Å². The second-order valence-corrected chi connectivity index (χ2v) is 7.55. The quantitative estimate of drug-likeness (QED) is 0.483. The summed E-state index contributed by atoms with van der Waals surface area (Å²) in [6.45, 7) is 9.49. The fourth-order valence-electron chi connectivity index (χ4n) is 3.73. The van der Waals surface area contributed by atoms with E-state index in [4.69, 9.17) is 9.52 Å². The predicted octanol–water partition coefficient (Wildman–Crippen LogP) is 2.59. The molecule has 1 aliphatic rings. The molecule has 164 valence electrons. The van der Waals surface area contributed by atoms with Gasteiger partial charge in [0.1, 0.15) is 17.9 Å². The summed E-state index contributed by atoms with van der Waals surface area (Å²) in [5.74, 6) is 1.33. The van der Waals surface area contributed by atoms with Crippen LogP contribution >= 0.6 is 0 Å². The Balaban J connectivity index is 1.39. The SMILES string of the molecule is CCNC(=NCc1ccc(-n2ccnc2C)c(F)c1)N1CCN(Cc2ccon2)CC1. The molecule has 1 N–H and O–H groups in total. The molecule has 0 amide bonds. The first-order chi connectivity index (χ1) is 15.1. The highest BCUT2D eigenvalue weighted by Gasteiger charge is 2.20. The van der Waals surface area contributed by atoms with Gasteiger partial charge in [-0.15, -0.1) is 0 Å². The van der Waals surface area contributed by atoms with Crippen molar-refractivity contribution in [2.24, 2.45) is 4.99 Å². The fourth-order valence-corrected chi connectivity index (χ4v) is 3.73. The third kappa shape index (κ3) is 5.11. The van der Waals surface area contributed by atoms with Gasteiger partial charge in [-0.3, -0.25) is 4.90 Å². The summed E-state index contributed by atoms with van der Waals surface area (Å²) in [6.07, 6.45) is 5.03. The van der Waals surface area contributed by atoms with Gasteiger partial charge in [-0.1, -0.05) is 11.2 Å². The molecule has 3 heterocycles. The van der Waals surface area contributed by atoms with E-state index in [1.54, 1.807) is 35.4 Å². The van der Waals surface area contributed by atoms with Gasteiger partial charge in [-0.2, -0.15) is 0 Å². The highest BCUT2D eigenvalue weighted by atomic mass is 19.1. The van der Waals surface area contributed by atoms with E-state index in [9.17, 15) is 4.39 Å². The normalized spacial score (nSPS) is 15.5. The van der Waals surface area contributed by atoms with Gasteiger partial charge < -0.3 is 19.3 Å². The van der Waals surface area contributed by atoms with Crippen LogP contribution in [0.3, 0.4) is 0 Å². The number of rotatable bonds is 6. The Labute approximate surface area is 181 Å². The lowest BCUT2D eigenvalue weighted by molar-refractivity contribution is 0.169. The summed E-state index contributed by atoms with van der Waals surface area (Å²) in [4.78, 5) is 13.5. The predicted molar refractivity (Wildman–Crippen MR) is 116 cm³/mol. The summed E-state index contributed by atoms with van der Waals surface area (Å²) in [5, 5.41) is 7.35. The van der Waals surface area contributed by atoms with Crippen molar-refractivity contribution in [3.63, 3.8) is 0 Å². The smallest absolute Gasteiger partial charge is 0.194 e. The van der Waals surface area contributed by atoms with Gasteiger partial charge in [-0.25, -0.2) is 14.4 Å². The zero-order valence-electron chi connectivity index (χ0n) is 18.0. The molecule has 31 heavy (non-hydrogen) atoms. The molecule has 1 saturated heterocycles. The molecule has 4 rings (SSSR count). The molecular weight excluding hydrogens is 397 g/mol. The van der Waals surface area contributed by atoms with Crippen LogP contribution in [0.5, 0.6) is 0 Å². The van der Waals surface area contributed by atoms with Crippen molar-refractivity contribution in [2.75, 3.05) is 32.7 Å². The number of nitrogens with zero attached hydrogens (tertiary/aromatic N) is 6. The van der Waals surface area contributed by atoms with Crippen molar-refractivity contribution < 1.29 is 8.91 Å². The van der Waals surface area contributed by atoms with Crippen molar-refractivity contribution in [3.8, 4) is 5.69 Å². The second-order valence-electron chi connectivity index (χ2n) is 7.55. The summed E-state index contributed by atoms with van der Waals surface area (Å²) in [6, 6.07) is 7.15. The van der Waals surface area contributed by atoms with Crippen LogP contribution in [0, 0.1) is 12.7 Å². The van der Waals surface area contributed by atoms with Crippen LogP contribution in [-0.2, 0) is 13.1 Å².